The molecule has 1 amide bonds. The molecule has 0 bridgehead atoms. The molecule has 2 aromatic carbocycles. The average molecular weight is 425 g/mol. The van der Waals surface area contributed by atoms with Crippen LogP contribution in [-0.2, 0) is 12.6 Å². The summed E-state index contributed by atoms with van der Waals surface area (Å²) in [7, 11) is 0. The third-order valence-corrected chi connectivity index (χ3v) is 4.93. The summed E-state index contributed by atoms with van der Waals surface area (Å²) >= 11 is 5.96. The van der Waals surface area contributed by atoms with Crippen LogP contribution in [0.2, 0.25) is 5.02 Å². The summed E-state index contributed by atoms with van der Waals surface area (Å²) in [6.07, 6.45) is -3.76. The van der Waals surface area contributed by atoms with Crippen LogP contribution in [0.15, 0.2) is 42.5 Å². The van der Waals surface area contributed by atoms with Crippen molar-refractivity contribution in [1.82, 2.24) is 20.3 Å². The summed E-state index contributed by atoms with van der Waals surface area (Å²) in [5.74, 6) is -1.74. The van der Waals surface area contributed by atoms with Crippen molar-refractivity contribution in [3.63, 3.8) is 0 Å². The lowest BCUT2D eigenvalue weighted by atomic mass is 10.1. The summed E-state index contributed by atoms with van der Waals surface area (Å²) < 4.78 is 55.0. The molecule has 1 aromatic heterocycles. The van der Waals surface area contributed by atoms with Crippen LogP contribution >= 0.6 is 11.6 Å². The van der Waals surface area contributed by atoms with E-state index in [1.807, 2.05) is 0 Å². The minimum atomic E-state index is -4.93. The lowest BCUT2D eigenvalue weighted by Gasteiger charge is -2.15. The topological polar surface area (TPSA) is 59.8 Å². The zero-order valence-electron chi connectivity index (χ0n) is 14.7. The molecule has 1 unspecified atom stereocenters. The number of hydrogen-bond donors (Lipinski definition) is 1. The molecule has 0 saturated heterocycles. The van der Waals surface area contributed by atoms with Crippen LogP contribution in [0.5, 0.6) is 0 Å². The zero-order chi connectivity index (χ0) is 20.8. The van der Waals surface area contributed by atoms with Gasteiger partial charge in [0.05, 0.1) is 11.7 Å². The van der Waals surface area contributed by atoms with Crippen molar-refractivity contribution in [2.24, 2.45) is 0 Å². The Hall–Kier alpha value is -2.94. The van der Waals surface area contributed by atoms with Gasteiger partial charge in [-0.25, -0.2) is 9.07 Å². The molecule has 0 aliphatic heterocycles. The number of aryl methyl sites for hydroxylation is 1. The largest absolute Gasteiger partial charge is 0.435 e. The third-order valence-electron chi connectivity index (χ3n) is 4.69. The Bertz CT molecular complexity index is 1100. The normalized spacial score (nSPS) is 16.0. The van der Waals surface area contributed by atoms with E-state index in [9.17, 15) is 22.4 Å². The zero-order valence-corrected chi connectivity index (χ0v) is 15.4. The molecule has 3 aromatic rings. The number of hydrogen-bond acceptors (Lipinski definition) is 3. The number of alkyl halides is 3. The quantitative estimate of drug-likeness (QED) is 0.630. The highest BCUT2D eigenvalue weighted by molar-refractivity contribution is 6.30. The minimum absolute atomic E-state index is 0.190. The van der Waals surface area contributed by atoms with Crippen LogP contribution in [-0.4, -0.2) is 20.9 Å². The molecule has 1 N–H and O–H groups in total. The molecule has 1 aliphatic carbocycles. The number of fused-ring (bicyclic) bond motifs is 1. The Morgan fingerprint density at radius 1 is 1.21 bits per heavy atom. The number of benzene rings is 2. The van der Waals surface area contributed by atoms with Crippen LogP contribution in [0, 0.1) is 5.82 Å². The molecule has 0 radical (unpaired) electrons. The van der Waals surface area contributed by atoms with Gasteiger partial charge >= 0.3 is 6.18 Å². The van der Waals surface area contributed by atoms with E-state index in [-0.39, 0.29) is 5.69 Å². The molecule has 1 atom stereocenters. The van der Waals surface area contributed by atoms with Gasteiger partial charge in [0.1, 0.15) is 5.82 Å². The Labute approximate surface area is 167 Å². The molecule has 10 heteroatoms. The van der Waals surface area contributed by atoms with E-state index < -0.39 is 35.3 Å². The van der Waals surface area contributed by atoms with Crippen LogP contribution in [0.25, 0.3) is 5.69 Å². The van der Waals surface area contributed by atoms with E-state index in [0.29, 0.717) is 22.5 Å². The molecular weight excluding hydrogens is 412 g/mol. The van der Waals surface area contributed by atoms with Crippen molar-refractivity contribution < 1.29 is 22.4 Å². The molecule has 150 valence electrons. The summed E-state index contributed by atoms with van der Waals surface area (Å²) in [5.41, 5.74) is -0.695. The van der Waals surface area contributed by atoms with Gasteiger partial charge in [-0.05, 0) is 54.3 Å². The lowest BCUT2D eigenvalue weighted by molar-refractivity contribution is -0.143. The summed E-state index contributed by atoms with van der Waals surface area (Å²) in [6.45, 7) is 0. The number of nitrogens with one attached hydrogen (secondary N) is 1. The van der Waals surface area contributed by atoms with Gasteiger partial charge in [-0.2, -0.15) is 13.2 Å². The monoisotopic (exact) mass is 424 g/mol. The van der Waals surface area contributed by atoms with Gasteiger partial charge in [-0.15, -0.1) is 5.10 Å². The highest BCUT2D eigenvalue weighted by Crippen LogP contribution is 2.35. The van der Waals surface area contributed by atoms with Crippen molar-refractivity contribution in [3.05, 3.63) is 75.8 Å². The highest BCUT2D eigenvalue weighted by atomic mass is 35.5. The van der Waals surface area contributed by atoms with E-state index in [2.05, 4.69) is 15.6 Å². The molecule has 4 rings (SSSR count). The smallest absolute Gasteiger partial charge is 0.344 e. The van der Waals surface area contributed by atoms with Crippen molar-refractivity contribution in [2.75, 3.05) is 0 Å². The van der Waals surface area contributed by atoms with Gasteiger partial charge in [0, 0.05) is 5.02 Å². The fourth-order valence-electron chi connectivity index (χ4n) is 3.44. The number of rotatable bonds is 3. The van der Waals surface area contributed by atoms with E-state index in [4.69, 9.17) is 11.6 Å². The number of nitrogens with zero attached hydrogens (tertiary/aromatic N) is 3. The average Bonchev–Trinajstić information content (AvgIpc) is 3.26. The fraction of sp³-hybridized carbons (Fsp3) is 0.211. The van der Waals surface area contributed by atoms with Gasteiger partial charge in [0.2, 0.25) is 0 Å². The number of carbonyl (C=O) groups is 1. The van der Waals surface area contributed by atoms with Crippen molar-refractivity contribution in [1.29, 1.82) is 0 Å². The first-order valence-electron chi connectivity index (χ1n) is 8.62. The van der Waals surface area contributed by atoms with Gasteiger partial charge in [0.25, 0.3) is 5.91 Å². The summed E-state index contributed by atoms with van der Waals surface area (Å²) in [6, 6.07) is 9.15. The Morgan fingerprint density at radius 3 is 2.72 bits per heavy atom. The third kappa shape index (κ3) is 3.69. The standard InChI is InChI=1S/C19H13ClF4N4O/c20-11-5-6-14-10(8-11)4-7-15(14)25-18(29)16-17(19(22,23)24)28(27-26-16)13-3-1-2-12(21)9-13/h1-3,5-6,8-9,15H,4,7H2,(H,25,29). The molecule has 29 heavy (non-hydrogen) atoms. The second kappa shape index (κ2) is 7.14. The van der Waals surface area contributed by atoms with Crippen LogP contribution in [0.4, 0.5) is 17.6 Å². The van der Waals surface area contributed by atoms with Gasteiger partial charge < -0.3 is 5.32 Å². The predicted molar refractivity (Wildman–Crippen MR) is 96.3 cm³/mol. The molecule has 0 saturated carbocycles. The second-order valence-electron chi connectivity index (χ2n) is 6.58. The minimum Gasteiger partial charge on any atom is -0.344 e. The summed E-state index contributed by atoms with van der Waals surface area (Å²) in [5, 5.41) is 10.0. The first-order chi connectivity index (χ1) is 13.7. The SMILES string of the molecule is O=C(NC1CCc2cc(Cl)ccc21)c1nnn(-c2cccc(F)c2)c1C(F)(F)F. The maximum atomic E-state index is 13.7. The summed E-state index contributed by atoms with van der Waals surface area (Å²) in [4.78, 5) is 12.6. The van der Waals surface area contributed by atoms with Gasteiger partial charge in [-0.1, -0.05) is 28.9 Å². The lowest BCUT2D eigenvalue weighted by Crippen LogP contribution is -2.30. The predicted octanol–water partition coefficient (Wildman–Crippen LogP) is 4.50. The first kappa shape index (κ1) is 19.4. The molecule has 1 heterocycles. The number of halogens is 5. The Balaban J connectivity index is 1.68. The molecular formula is C19H13ClF4N4O. The molecule has 1 aliphatic rings. The number of aromatic nitrogens is 3. The fourth-order valence-corrected chi connectivity index (χ4v) is 3.64. The van der Waals surface area contributed by atoms with E-state index in [1.54, 1.807) is 18.2 Å². The number of carbonyl (C=O) groups excluding carboxylic acids is 1. The van der Waals surface area contributed by atoms with Crippen molar-refractivity contribution in [3.8, 4) is 5.69 Å². The van der Waals surface area contributed by atoms with Gasteiger partial charge in [-0.3, -0.25) is 4.79 Å². The number of amides is 1. The van der Waals surface area contributed by atoms with Crippen molar-refractivity contribution in [2.45, 2.75) is 25.1 Å². The van der Waals surface area contributed by atoms with Crippen LogP contribution in [0.3, 0.4) is 0 Å². The molecule has 0 spiro atoms. The highest BCUT2D eigenvalue weighted by Gasteiger charge is 2.42. The molecule has 5 nitrogen and oxygen atoms in total. The van der Waals surface area contributed by atoms with E-state index >= 15 is 0 Å². The van der Waals surface area contributed by atoms with Crippen LogP contribution < -0.4 is 5.32 Å². The van der Waals surface area contributed by atoms with Crippen molar-refractivity contribution >= 4 is 17.5 Å². The van der Waals surface area contributed by atoms with Gasteiger partial charge in [0.15, 0.2) is 11.4 Å². The maximum Gasteiger partial charge on any atom is 0.435 e. The maximum absolute atomic E-state index is 13.7. The van der Waals surface area contributed by atoms with Crippen LogP contribution in [0.1, 0.15) is 39.8 Å². The van der Waals surface area contributed by atoms with E-state index in [1.165, 1.54) is 12.1 Å². The molecule has 0 fully saturated rings. The Kier molecular flexibility index (Phi) is 4.77. The first-order valence-corrected chi connectivity index (χ1v) is 9.00. The second-order valence-corrected chi connectivity index (χ2v) is 7.02. The van der Waals surface area contributed by atoms with E-state index in [0.717, 1.165) is 23.3 Å². The Morgan fingerprint density at radius 2 is 2.00 bits per heavy atom.